The van der Waals surface area contributed by atoms with Crippen LogP contribution in [0.1, 0.15) is 27.2 Å². The van der Waals surface area contributed by atoms with Crippen LogP contribution in [0.3, 0.4) is 0 Å². The van der Waals surface area contributed by atoms with Crippen LogP contribution < -0.4 is 4.90 Å². The Hall–Kier alpha value is -3.82. The summed E-state index contributed by atoms with van der Waals surface area (Å²) in [6.45, 7) is 5.49. The number of alkyl halides is 3. The van der Waals surface area contributed by atoms with Crippen molar-refractivity contribution in [3.05, 3.63) is 66.7 Å². The molecule has 6 nitrogen and oxygen atoms in total. The van der Waals surface area contributed by atoms with Crippen LogP contribution in [0.15, 0.2) is 60.9 Å². The Labute approximate surface area is 199 Å². The second-order valence-electron chi connectivity index (χ2n) is 9.28. The third-order valence-electron chi connectivity index (χ3n) is 5.38. The molecule has 0 bridgehead atoms. The number of amides is 1. The van der Waals surface area contributed by atoms with Crippen LogP contribution in [0.25, 0.3) is 28.2 Å². The zero-order valence-corrected chi connectivity index (χ0v) is 19.3. The number of carbonyl (C=O) groups excluding carboxylic acids is 1. The van der Waals surface area contributed by atoms with E-state index in [2.05, 4.69) is 15.1 Å². The number of rotatable bonds is 5. The highest BCUT2D eigenvalue weighted by Crippen LogP contribution is 2.34. The molecule has 10 heteroatoms. The first-order valence-electron chi connectivity index (χ1n) is 10.9. The predicted octanol–water partition coefficient (Wildman–Crippen LogP) is 5.93. The van der Waals surface area contributed by atoms with Gasteiger partial charge in [-0.2, -0.15) is 18.3 Å². The molecule has 0 aliphatic carbocycles. The van der Waals surface area contributed by atoms with Crippen LogP contribution >= 0.6 is 0 Å². The molecule has 0 fully saturated rings. The Morgan fingerprint density at radius 3 is 2.37 bits per heavy atom. The molecule has 0 radical (unpaired) electrons. The van der Waals surface area contributed by atoms with Gasteiger partial charge in [-0.1, -0.05) is 20.8 Å². The third kappa shape index (κ3) is 5.31. The molecule has 1 aromatic carbocycles. The molecule has 0 aliphatic rings. The molecule has 3 aromatic heterocycles. The van der Waals surface area contributed by atoms with Gasteiger partial charge < -0.3 is 0 Å². The molecule has 1 amide bonds. The van der Waals surface area contributed by atoms with Gasteiger partial charge >= 0.3 is 12.1 Å². The van der Waals surface area contributed by atoms with Crippen molar-refractivity contribution in [3.63, 3.8) is 0 Å². The van der Waals surface area contributed by atoms with Gasteiger partial charge in [0, 0.05) is 30.1 Å². The Bertz CT molecular complexity index is 1360. The maximum atomic E-state index is 13.5. The van der Waals surface area contributed by atoms with Gasteiger partial charge in [0.1, 0.15) is 17.3 Å². The lowest BCUT2D eigenvalue weighted by molar-refractivity contribution is -0.170. The van der Waals surface area contributed by atoms with Crippen molar-refractivity contribution < 1.29 is 22.4 Å². The summed E-state index contributed by atoms with van der Waals surface area (Å²) in [5.74, 6) is -2.53. The standard InChI is InChI=1S/C25H23F4N5O/c1-24(2,3)11-14-33(23(35)25(27,28)29)20-15-17(10-13-30-20)22-21(16-6-8-18(26)9-7-16)32-19-5-4-12-31-34(19)22/h4-10,12-13,15H,11,14H2,1-3H3. The number of benzene rings is 1. The first kappa shape index (κ1) is 24.3. The molecule has 0 saturated carbocycles. The van der Waals surface area contributed by atoms with Gasteiger partial charge in [-0.25, -0.2) is 18.9 Å². The maximum absolute atomic E-state index is 13.5. The predicted molar refractivity (Wildman–Crippen MR) is 124 cm³/mol. The van der Waals surface area contributed by atoms with Crippen LogP contribution in [-0.2, 0) is 4.79 Å². The summed E-state index contributed by atoms with van der Waals surface area (Å²) in [7, 11) is 0. The fourth-order valence-electron chi connectivity index (χ4n) is 3.59. The number of anilines is 1. The lowest BCUT2D eigenvalue weighted by atomic mass is 9.92. The number of aromatic nitrogens is 4. The molecular formula is C25H23F4N5O. The van der Waals surface area contributed by atoms with E-state index < -0.39 is 17.9 Å². The fourth-order valence-corrected chi connectivity index (χ4v) is 3.59. The summed E-state index contributed by atoms with van der Waals surface area (Å²) in [4.78, 5) is 21.7. The van der Waals surface area contributed by atoms with Crippen LogP contribution in [0.4, 0.5) is 23.4 Å². The van der Waals surface area contributed by atoms with Gasteiger partial charge in [-0.05, 0) is 60.4 Å². The van der Waals surface area contributed by atoms with Gasteiger partial charge in [0.2, 0.25) is 0 Å². The summed E-state index contributed by atoms with van der Waals surface area (Å²) in [5, 5.41) is 4.34. The zero-order valence-electron chi connectivity index (χ0n) is 19.3. The lowest BCUT2D eigenvalue weighted by Gasteiger charge is -2.27. The van der Waals surface area contributed by atoms with E-state index in [0.29, 0.717) is 39.5 Å². The Balaban J connectivity index is 1.86. The van der Waals surface area contributed by atoms with Gasteiger partial charge in [0.15, 0.2) is 5.65 Å². The van der Waals surface area contributed by atoms with E-state index in [1.165, 1.54) is 24.4 Å². The van der Waals surface area contributed by atoms with Gasteiger partial charge in [-0.3, -0.25) is 9.69 Å². The normalized spacial score (nSPS) is 12.2. The highest BCUT2D eigenvalue weighted by atomic mass is 19.4. The van der Waals surface area contributed by atoms with Crippen LogP contribution in [-0.4, -0.2) is 38.2 Å². The molecule has 0 spiro atoms. The van der Waals surface area contributed by atoms with Crippen LogP contribution in [0.2, 0.25) is 0 Å². The van der Waals surface area contributed by atoms with E-state index in [1.54, 1.807) is 41.0 Å². The maximum Gasteiger partial charge on any atom is 0.471 e. The van der Waals surface area contributed by atoms with Crippen molar-refractivity contribution in [1.29, 1.82) is 0 Å². The quantitative estimate of drug-likeness (QED) is 0.329. The van der Waals surface area contributed by atoms with Crippen molar-refractivity contribution in [2.45, 2.75) is 33.4 Å². The highest BCUT2D eigenvalue weighted by molar-refractivity contribution is 5.97. The SMILES string of the molecule is CC(C)(C)CCN(C(=O)C(F)(F)F)c1cc(-c2c(-c3ccc(F)cc3)nc3cccnn23)ccn1. The number of carbonyl (C=O) groups is 1. The number of nitrogens with zero attached hydrogens (tertiary/aromatic N) is 5. The van der Waals surface area contributed by atoms with Crippen molar-refractivity contribution in [2.24, 2.45) is 5.41 Å². The monoisotopic (exact) mass is 485 g/mol. The molecule has 4 aromatic rings. The first-order chi connectivity index (χ1) is 16.4. The summed E-state index contributed by atoms with van der Waals surface area (Å²) in [5.41, 5.74) is 2.19. The molecular weight excluding hydrogens is 462 g/mol. The van der Waals surface area contributed by atoms with Gasteiger partial charge in [0.25, 0.3) is 0 Å². The first-order valence-corrected chi connectivity index (χ1v) is 10.9. The fraction of sp³-hybridized carbons (Fsp3) is 0.280. The van der Waals surface area contributed by atoms with Gasteiger partial charge in [-0.15, -0.1) is 0 Å². The Kier molecular flexibility index (Phi) is 6.31. The summed E-state index contributed by atoms with van der Waals surface area (Å²) in [6, 6.07) is 12.2. The van der Waals surface area contributed by atoms with E-state index >= 15 is 0 Å². The van der Waals surface area contributed by atoms with Crippen molar-refractivity contribution in [2.75, 3.05) is 11.4 Å². The van der Waals surface area contributed by atoms with Crippen LogP contribution in [0.5, 0.6) is 0 Å². The Morgan fingerprint density at radius 2 is 1.71 bits per heavy atom. The smallest absolute Gasteiger partial charge is 0.289 e. The lowest BCUT2D eigenvalue weighted by Crippen LogP contribution is -2.43. The zero-order chi connectivity index (χ0) is 25.4. The number of halogens is 4. The molecule has 0 aliphatic heterocycles. The average molecular weight is 485 g/mol. The van der Waals surface area contributed by atoms with Gasteiger partial charge in [0.05, 0.1) is 5.69 Å². The molecule has 35 heavy (non-hydrogen) atoms. The minimum Gasteiger partial charge on any atom is -0.289 e. The number of imidazole rings is 1. The van der Waals surface area contributed by atoms with E-state index in [0.717, 1.165) is 0 Å². The molecule has 0 N–H and O–H groups in total. The summed E-state index contributed by atoms with van der Waals surface area (Å²) < 4.78 is 55.4. The number of hydrogen-bond acceptors (Lipinski definition) is 4. The molecule has 182 valence electrons. The molecule has 3 heterocycles. The van der Waals surface area contributed by atoms with Crippen molar-refractivity contribution in [3.8, 4) is 22.5 Å². The number of hydrogen-bond donors (Lipinski definition) is 0. The molecule has 0 atom stereocenters. The minimum atomic E-state index is -5.06. The third-order valence-corrected chi connectivity index (χ3v) is 5.38. The molecule has 4 rings (SSSR count). The van der Waals surface area contributed by atoms with E-state index in [1.807, 2.05) is 20.8 Å². The van der Waals surface area contributed by atoms with Crippen molar-refractivity contribution in [1.82, 2.24) is 19.6 Å². The number of fused-ring (bicyclic) bond motifs is 1. The van der Waals surface area contributed by atoms with Crippen molar-refractivity contribution >= 4 is 17.4 Å². The summed E-state index contributed by atoms with van der Waals surface area (Å²) in [6.07, 6.45) is -1.83. The number of pyridine rings is 1. The molecule has 0 unspecified atom stereocenters. The second kappa shape index (κ2) is 9.09. The highest BCUT2D eigenvalue weighted by Gasteiger charge is 2.43. The second-order valence-corrected chi connectivity index (χ2v) is 9.28. The van der Waals surface area contributed by atoms with E-state index in [9.17, 15) is 22.4 Å². The topological polar surface area (TPSA) is 63.4 Å². The van der Waals surface area contributed by atoms with Crippen LogP contribution in [0, 0.1) is 11.2 Å². The largest absolute Gasteiger partial charge is 0.471 e. The molecule has 0 saturated heterocycles. The average Bonchev–Trinajstić information content (AvgIpc) is 3.18. The van der Waals surface area contributed by atoms with E-state index in [-0.39, 0.29) is 17.8 Å². The minimum absolute atomic E-state index is 0.134. The summed E-state index contributed by atoms with van der Waals surface area (Å²) >= 11 is 0. The van der Waals surface area contributed by atoms with E-state index in [4.69, 9.17) is 0 Å². The Morgan fingerprint density at radius 1 is 1.00 bits per heavy atom.